The van der Waals surface area contributed by atoms with Gasteiger partial charge < -0.3 is 10.0 Å². The Morgan fingerprint density at radius 2 is 2.26 bits per heavy atom. The molecule has 0 amide bonds. The third-order valence-corrected chi connectivity index (χ3v) is 3.86. The van der Waals surface area contributed by atoms with Crippen LogP contribution in [-0.2, 0) is 0 Å². The topological polar surface area (TPSA) is 56.7 Å². The van der Waals surface area contributed by atoms with E-state index in [-0.39, 0.29) is 0 Å². The molecule has 1 atom stereocenters. The van der Waals surface area contributed by atoms with Gasteiger partial charge in [-0.25, -0.2) is 4.79 Å². The van der Waals surface area contributed by atoms with Gasteiger partial charge in [-0.1, -0.05) is 13.8 Å². The third-order valence-electron chi connectivity index (χ3n) is 3.86. The first-order chi connectivity index (χ1) is 9.17. The molecule has 104 valence electrons. The summed E-state index contributed by atoms with van der Waals surface area (Å²) in [5.74, 6) is -0.885. The molecule has 5 nitrogen and oxygen atoms in total. The lowest BCUT2D eigenvalue weighted by atomic mass is 10.2. The van der Waals surface area contributed by atoms with Crippen LogP contribution in [-0.4, -0.2) is 53.2 Å². The van der Waals surface area contributed by atoms with Gasteiger partial charge in [-0.3, -0.25) is 9.88 Å². The minimum Gasteiger partial charge on any atom is -0.478 e. The predicted molar refractivity (Wildman–Crippen MR) is 74.7 cm³/mol. The Morgan fingerprint density at radius 3 is 2.89 bits per heavy atom. The molecule has 0 aliphatic carbocycles. The van der Waals surface area contributed by atoms with Crippen LogP contribution in [0.25, 0.3) is 0 Å². The summed E-state index contributed by atoms with van der Waals surface area (Å²) in [5, 5.41) is 9.23. The lowest BCUT2D eigenvalue weighted by molar-refractivity contribution is 0.0697. The number of aromatic nitrogens is 1. The lowest BCUT2D eigenvalue weighted by Gasteiger charge is -2.26. The van der Waals surface area contributed by atoms with E-state index in [0.29, 0.717) is 11.6 Å². The molecular weight excluding hydrogens is 242 g/mol. The van der Waals surface area contributed by atoms with Crippen molar-refractivity contribution >= 4 is 11.7 Å². The number of carboxylic acid groups (broad SMARTS) is 1. The fraction of sp³-hybridized carbons (Fsp3) is 0.571. The Morgan fingerprint density at radius 1 is 1.53 bits per heavy atom. The Bertz CT molecular complexity index is 446. The highest BCUT2D eigenvalue weighted by Crippen LogP contribution is 2.25. The average molecular weight is 263 g/mol. The molecule has 19 heavy (non-hydrogen) atoms. The van der Waals surface area contributed by atoms with Gasteiger partial charge in [0, 0.05) is 25.3 Å². The zero-order chi connectivity index (χ0) is 13.8. The number of nitrogens with zero attached hydrogens (tertiary/aromatic N) is 3. The van der Waals surface area contributed by atoms with Crippen LogP contribution in [0.3, 0.4) is 0 Å². The summed E-state index contributed by atoms with van der Waals surface area (Å²) in [7, 11) is 0. The van der Waals surface area contributed by atoms with Crippen molar-refractivity contribution in [3.05, 3.63) is 24.0 Å². The minimum atomic E-state index is -0.885. The molecule has 2 heterocycles. The van der Waals surface area contributed by atoms with Crippen molar-refractivity contribution in [2.75, 3.05) is 31.1 Å². The van der Waals surface area contributed by atoms with Crippen LogP contribution in [0.5, 0.6) is 0 Å². The van der Waals surface area contributed by atoms with Crippen molar-refractivity contribution in [2.24, 2.45) is 0 Å². The van der Waals surface area contributed by atoms with Crippen LogP contribution in [0.15, 0.2) is 18.5 Å². The molecule has 1 aliphatic heterocycles. The van der Waals surface area contributed by atoms with Crippen molar-refractivity contribution in [2.45, 2.75) is 26.3 Å². The van der Waals surface area contributed by atoms with E-state index >= 15 is 0 Å². The molecule has 0 aromatic carbocycles. The summed E-state index contributed by atoms with van der Waals surface area (Å²) >= 11 is 0. The fourth-order valence-electron chi connectivity index (χ4n) is 2.82. The number of carboxylic acids is 1. The highest BCUT2D eigenvalue weighted by atomic mass is 16.4. The van der Waals surface area contributed by atoms with Gasteiger partial charge in [-0.2, -0.15) is 0 Å². The number of anilines is 1. The molecular formula is C14H21N3O2. The van der Waals surface area contributed by atoms with Gasteiger partial charge in [-0.15, -0.1) is 0 Å². The molecule has 2 rings (SSSR count). The van der Waals surface area contributed by atoms with E-state index in [1.165, 1.54) is 6.20 Å². The van der Waals surface area contributed by atoms with Crippen LogP contribution in [0.2, 0.25) is 0 Å². The molecule has 0 radical (unpaired) electrons. The van der Waals surface area contributed by atoms with Crippen molar-refractivity contribution in [3.8, 4) is 0 Å². The smallest absolute Gasteiger partial charge is 0.337 e. The first-order valence-corrected chi connectivity index (χ1v) is 6.83. The molecule has 1 N–H and O–H groups in total. The monoisotopic (exact) mass is 263 g/mol. The van der Waals surface area contributed by atoms with Crippen molar-refractivity contribution in [3.63, 3.8) is 0 Å². The molecule has 1 aromatic heterocycles. The lowest BCUT2D eigenvalue weighted by Crippen LogP contribution is -2.37. The van der Waals surface area contributed by atoms with Gasteiger partial charge in [0.1, 0.15) is 0 Å². The Labute approximate surface area is 113 Å². The van der Waals surface area contributed by atoms with Crippen LogP contribution in [0.1, 0.15) is 30.6 Å². The number of aromatic carboxylic acids is 1. The highest BCUT2D eigenvalue weighted by molar-refractivity contribution is 5.94. The van der Waals surface area contributed by atoms with Gasteiger partial charge in [0.25, 0.3) is 0 Å². The SMILES string of the molecule is CCN(CC)C1CCN(c2cnccc2C(=O)O)C1. The number of pyridine rings is 1. The standard InChI is InChI=1S/C14H21N3O2/c1-3-16(4-2)11-6-8-17(10-11)13-9-15-7-5-12(13)14(18)19/h5,7,9,11H,3-4,6,8,10H2,1-2H3,(H,18,19). The third kappa shape index (κ3) is 2.87. The van der Waals surface area contributed by atoms with E-state index in [2.05, 4.69) is 28.6 Å². The summed E-state index contributed by atoms with van der Waals surface area (Å²) in [6.45, 7) is 8.18. The first kappa shape index (κ1) is 13.8. The van der Waals surface area contributed by atoms with Crippen molar-refractivity contribution in [1.82, 2.24) is 9.88 Å². The van der Waals surface area contributed by atoms with Crippen molar-refractivity contribution in [1.29, 1.82) is 0 Å². The number of hydrogen-bond acceptors (Lipinski definition) is 4. The van der Waals surface area contributed by atoms with E-state index in [0.717, 1.165) is 38.3 Å². The molecule has 1 fully saturated rings. The number of carbonyl (C=O) groups is 1. The quantitative estimate of drug-likeness (QED) is 0.876. The van der Waals surface area contributed by atoms with Crippen LogP contribution >= 0.6 is 0 Å². The van der Waals surface area contributed by atoms with E-state index in [4.69, 9.17) is 0 Å². The summed E-state index contributed by atoms with van der Waals surface area (Å²) < 4.78 is 0. The number of likely N-dealkylation sites (N-methyl/N-ethyl adjacent to an activating group) is 1. The van der Waals surface area contributed by atoms with Gasteiger partial charge in [-0.05, 0) is 25.6 Å². The minimum absolute atomic E-state index is 0.343. The average Bonchev–Trinajstić information content (AvgIpc) is 2.89. The molecule has 0 bridgehead atoms. The Hall–Kier alpha value is -1.62. The zero-order valence-electron chi connectivity index (χ0n) is 11.5. The predicted octanol–water partition coefficient (Wildman–Crippen LogP) is 1.70. The van der Waals surface area contributed by atoms with Gasteiger partial charge >= 0.3 is 5.97 Å². The molecule has 1 aromatic rings. The molecule has 0 saturated carbocycles. The Kier molecular flexibility index (Phi) is 4.37. The second-order valence-corrected chi connectivity index (χ2v) is 4.81. The normalized spacial score (nSPS) is 19.1. The van der Waals surface area contributed by atoms with Gasteiger partial charge in [0.15, 0.2) is 0 Å². The van der Waals surface area contributed by atoms with Crippen LogP contribution < -0.4 is 4.90 Å². The molecule has 5 heteroatoms. The second kappa shape index (κ2) is 6.02. The van der Waals surface area contributed by atoms with Crippen molar-refractivity contribution < 1.29 is 9.90 Å². The number of rotatable bonds is 5. The Balaban J connectivity index is 2.15. The van der Waals surface area contributed by atoms with Gasteiger partial charge in [0.2, 0.25) is 0 Å². The zero-order valence-corrected chi connectivity index (χ0v) is 11.5. The molecule has 0 spiro atoms. The van der Waals surface area contributed by atoms with Crippen LogP contribution in [0, 0.1) is 0 Å². The fourth-order valence-corrected chi connectivity index (χ4v) is 2.82. The van der Waals surface area contributed by atoms with E-state index < -0.39 is 5.97 Å². The van der Waals surface area contributed by atoms with Crippen LogP contribution in [0.4, 0.5) is 5.69 Å². The maximum absolute atomic E-state index is 11.2. The largest absolute Gasteiger partial charge is 0.478 e. The molecule has 1 unspecified atom stereocenters. The number of hydrogen-bond donors (Lipinski definition) is 1. The summed E-state index contributed by atoms with van der Waals surface area (Å²) in [5.41, 5.74) is 1.08. The maximum Gasteiger partial charge on any atom is 0.337 e. The van der Waals surface area contributed by atoms with E-state index in [1.807, 2.05) is 0 Å². The summed E-state index contributed by atoms with van der Waals surface area (Å²) in [4.78, 5) is 19.9. The van der Waals surface area contributed by atoms with E-state index in [9.17, 15) is 9.90 Å². The highest BCUT2D eigenvalue weighted by Gasteiger charge is 2.28. The second-order valence-electron chi connectivity index (χ2n) is 4.81. The van der Waals surface area contributed by atoms with E-state index in [1.54, 1.807) is 12.3 Å². The molecule has 1 aliphatic rings. The first-order valence-electron chi connectivity index (χ1n) is 6.83. The summed E-state index contributed by atoms with van der Waals surface area (Å²) in [6, 6.07) is 2.08. The van der Waals surface area contributed by atoms with Gasteiger partial charge in [0.05, 0.1) is 17.4 Å². The summed E-state index contributed by atoms with van der Waals surface area (Å²) in [6.07, 6.45) is 4.27. The maximum atomic E-state index is 11.2. The molecule has 1 saturated heterocycles.